The quantitative estimate of drug-likeness (QED) is 0.606. The van der Waals surface area contributed by atoms with Crippen LogP contribution in [0.1, 0.15) is 18.9 Å². The molecule has 3 nitrogen and oxygen atoms in total. The van der Waals surface area contributed by atoms with Gasteiger partial charge in [-0.15, -0.1) is 0 Å². The van der Waals surface area contributed by atoms with Crippen molar-refractivity contribution in [2.75, 3.05) is 5.75 Å². The first-order valence-electron chi connectivity index (χ1n) is 4.50. The van der Waals surface area contributed by atoms with Gasteiger partial charge in [-0.1, -0.05) is 23.6 Å². The summed E-state index contributed by atoms with van der Waals surface area (Å²) in [6.07, 6.45) is 2.18. The van der Waals surface area contributed by atoms with E-state index in [0.29, 0.717) is 17.7 Å². The van der Waals surface area contributed by atoms with E-state index in [1.165, 1.54) is 18.7 Å². The molecule has 78 valence electrons. The Kier molecular flexibility index (Phi) is 4.72. The second kappa shape index (κ2) is 6.10. The lowest BCUT2D eigenvalue weighted by atomic mass is 10.3. The molecule has 1 rings (SSSR count). The van der Waals surface area contributed by atoms with Crippen molar-refractivity contribution in [3.63, 3.8) is 0 Å². The van der Waals surface area contributed by atoms with Gasteiger partial charge in [-0.2, -0.15) is 0 Å². The third-order valence-corrected chi connectivity index (χ3v) is 2.39. The van der Waals surface area contributed by atoms with Crippen molar-refractivity contribution in [2.45, 2.75) is 13.3 Å². The van der Waals surface area contributed by atoms with Crippen LogP contribution in [0.3, 0.4) is 0 Å². The van der Waals surface area contributed by atoms with Gasteiger partial charge >= 0.3 is 0 Å². The molecule has 1 aromatic heterocycles. The molecule has 4 heteroatoms. The van der Waals surface area contributed by atoms with E-state index < -0.39 is 0 Å². The van der Waals surface area contributed by atoms with Gasteiger partial charge in [0, 0.05) is 25.3 Å². The molecule has 0 saturated carbocycles. The number of carbonyl (C=O) groups excluding carboxylic acids is 1. The number of pyridine rings is 1. The fourth-order valence-electron chi connectivity index (χ4n) is 0.924. The maximum Gasteiger partial charge on any atom is 0.263 e. The highest BCUT2D eigenvalue weighted by Crippen LogP contribution is 2.01. The maximum absolute atomic E-state index is 11.2. The van der Waals surface area contributed by atoms with Gasteiger partial charge in [-0.3, -0.25) is 9.59 Å². The highest BCUT2D eigenvalue weighted by molar-refractivity contribution is 8.13. The molecule has 0 unspecified atom stereocenters. The van der Waals surface area contributed by atoms with Crippen molar-refractivity contribution in [3.05, 3.63) is 34.2 Å². The fraction of sp³-hybridized carbons (Fsp3) is 0.273. The van der Waals surface area contributed by atoms with E-state index in [1.54, 1.807) is 18.3 Å². The number of thioether (sulfide) groups is 1. The first kappa shape index (κ1) is 11.6. The molecule has 0 radical (unpaired) electrons. The fourth-order valence-corrected chi connectivity index (χ4v) is 1.42. The minimum atomic E-state index is -0.177. The molecule has 0 bridgehead atoms. The van der Waals surface area contributed by atoms with Crippen molar-refractivity contribution < 1.29 is 4.79 Å². The van der Waals surface area contributed by atoms with Crippen molar-refractivity contribution in [3.8, 4) is 11.8 Å². The number of rotatable bonds is 2. The van der Waals surface area contributed by atoms with Crippen LogP contribution in [0.5, 0.6) is 0 Å². The average Bonchev–Trinajstić information content (AvgIpc) is 2.20. The number of hydrogen-bond acceptors (Lipinski definition) is 3. The predicted molar refractivity (Wildman–Crippen MR) is 61.7 cm³/mol. The molecule has 1 heterocycles. The molecular weight excluding hydrogens is 210 g/mol. The second-order valence-corrected chi connectivity index (χ2v) is 4.08. The van der Waals surface area contributed by atoms with Crippen molar-refractivity contribution >= 4 is 16.9 Å². The topological polar surface area (TPSA) is 49.9 Å². The zero-order valence-corrected chi connectivity index (χ0v) is 9.19. The second-order valence-electron chi connectivity index (χ2n) is 2.80. The van der Waals surface area contributed by atoms with E-state index in [0.717, 1.165) is 0 Å². The lowest BCUT2D eigenvalue weighted by molar-refractivity contribution is -0.109. The zero-order valence-electron chi connectivity index (χ0n) is 8.37. The Morgan fingerprint density at radius 2 is 2.40 bits per heavy atom. The number of carbonyl (C=O) groups is 1. The van der Waals surface area contributed by atoms with Crippen LogP contribution < -0.4 is 5.56 Å². The normalized spacial score (nSPS) is 9.13. The lowest BCUT2D eigenvalue weighted by Crippen LogP contribution is -2.07. The van der Waals surface area contributed by atoms with E-state index in [-0.39, 0.29) is 10.7 Å². The minimum absolute atomic E-state index is 0.0920. The van der Waals surface area contributed by atoms with Crippen LogP contribution in [0.25, 0.3) is 0 Å². The lowest BCUT2D eigenvalue weighted by Gasteiger charge is -1.89. The van der Waals surface area contributed by atoms with Crippen molar-refractivity contribution in [1.29, 1.82) is 0 Å². The number of aromatic nitrogens is 1. The molecule has 0 spiro atoms. The summed E-state index contributed by atoms with van der Waals surface area (Å²) in [6.45, 7) is 1.53. The number of H-pyrrole nitrogens is 1. The number of nitrogens with one attached hydrogen (secondary N) is 1. The third kappa shape index (κ3) is 4.52. The van der Waals surface area contributed by atoms with Crippen molar-refractivity contribution in [1.82, 2.24) is 4.98 Å². The molecule has 0 aliphatic rings. The summed E-state index contributed by atoms with van der Waals surface area (Å²) < 4.78 is 0. The van der Waals surface area contributed by atoms with E-state index in [1.807, 2.05) is 0 Å². The van der Waals surface area contributed by atoms with Gasteiger partial charge in [-0.25, -0.2) is 0 Å². The Labute approximate surface area is 92.3 Å². The van der Waals surface area contributed by atoms with Gasteiger partial charge in [0.25, 0.3) is 5.56 Å². The van der Waals surface area contributed by atoms with Gasteiger partial charge in [0.05, 0.1) is 5.56 Å². The van der Waals surface area contributed by atoms with Crippen LogP contribution in [0.2, 0.25) is 0 Å². The first-order chi connectivity index (χ1) is 7.20. The van der Waals surface area contributed by atoms with Crippen LogP contribution >= 0.6 is 11.8 Å². The van der Waals surface area contributed by atoms with Gasteiger partial charge < -0.3 is 4.98 Å². The van der Waals surface area contributed by atoms with Crippen LogP contribution in [-0.4, -0.2) is 15.9 Å². The highest BCUT2D eigenvalue weighted by Gasteiger charge is 1.92. The van der Waals surface area contributed by atoms with Gasteiger partial charge in [0.1, 0.15) is 0 Å². The van der Waals surface area contributed by atoms with Gasteiger partial charge in [0.2, 0.25) is 0 Å². The average molecular weight is 221 g/mol. The molecule has 0 saturated heterocycles. The summed E-state index contributed by atoms with van der Waals surface area (Å²) in [5, 5.41) is 0.0920. The Bertz CT molecular complexity index is 453. The molecule has 1 N–H and O–H groups in total. The van der Waals surface area contributed by atoms with Crippen LogP contribution in [-0.2, 0) is 4.79 Å². The van der Waals surface area contributed by atoms with Crippen LogP contribution in [0.4, 0.5) is 0 Å². The maximum atomic E-state index is 11.2. The predicted octanol–water partition coefficient (Wildman–Crippen LogP) is 1.40. The van der Waals surface area contributed by atoms with Crippen LogP contribution in [0, 0.1) is 11.8 Å². The van der Waals surface area contributed by atoms with E-state index >= 15 is 0 Å². The van der Waals surface area contributed by atoms with E-state index in [9.17, 15) is 9.59 Å². The smallest absolute Gasteiger partial charge is 0.263 e. The molecule has 0 amide bonds. The summed E-state index contributed by atoms with van der Waals surface area (Å²) in [5.74, 6) is 6.30. The molecule has 1 aromatic rings. The summed E-state index contributed by atoms with van der Waals surface area (Å²) in [4.78, 5) is 24.3. The third-order valence-electron chi connectivity index (χ3n) is 1.57. The SMILES string of the molecule is CC(=O)SCCC#Cc1ccc[nH]c1=O. The highest BCUT2D eigenvalue weighted by atomic mass is 32.2. The Balaban J connectivity index is 2.49. The zero-order chi connectivity index (χ0) is 11.1. The summed E-state index contributed by atoms with van der Waals surface area (Å²) in [6, 6.07) is 3.40. The van der Waals surface area contributed by atoms with Crippen LogP contribution in [0.15, 0.2) is 23.1 Å². The van der Waals surface area contributed by atoms with Gasteiger partial charge in [-0.05, 0) is 12.1 Å². The first-order valence-corrected chi connectivity index (χ1v) is 5.48. The molecule has 0 aliphatic heterocycles. The Morgan fingerprint density at radius 1 is 1.60 bits per heavy atom. The minimum Gasteiger partial charge on any atom is -0.328 e. The summed E-state index contributed by atoms with van der Waals surface area (Å²) in [7, 11) is 0. The van der Waals surface area contributed by atoms with Crippen molar-refractivity contribution in [2.24, 2.45) is 0 Å². The molecule has 0 atom stereocenters. The summed E-state index contributed by atoms with van der Waals surface area (Å²) >= 11 is 1.24. The Morgan fingerprint density at radius 3 is 3.07 bits per heavy atom. The standard InChI is InChI=1S/C11H11NO2S/c1-9(13)15-8-3-2-5-10-6-4-7-12-11(10)14/h4,6-7H,3,8H2,1H3,(H,12,14). The molecule has 0 fully saturated rings. The Hall–Kier alpha value is -1.47. The van der Waals surface area contributed by atoms with E-state index in [4.69, 9.17) is 0 Å². The van der Waals surface area contributed by atoms with E-state index in [2.05, 4.69) is 16.8 Å². The largest absolute Gasteiger partial charge is 0.328 e. The molecule has 0 aliphatic carbocycles. The van der Waals surface area contributed by atoms with Gasteiger partial charge in [0.15, 0.2) is 5.12 Å². The number of hydrogen-bond donors (Lipinski definition) is 1. The molecule has 15 heavy (non-hydrogen) atoms. The molecular formula is C11H11NO2S. The monoisotopic (exact) mass is 221 g/mol. The summed E-state index contributed by atoms with van der Waals surface area (Å²) in [5.41, 5.74) is 0.287. The number of aromatic amines is 1. The molecule has 0 aromatic carbocycles.